The van der Waals surface area contributed by atoms with Crippen LogP contribution in [0.5, 0.6) is 0 Å². The van der Waals surface area contributed by atoms with Gasteiger partial charge in [-0.1, -0.05) is 15.7 Å². The van der Waals surface area contributed by atoms with Crippen molar-refractivity contribution in [1.82, 2.24) is 16.3 Å². The molecule has 0 heterocycles. The van der Waals surface area contributed by atoms with Crippen molar-refractivity contribution in [1.29, 1.82) is 0 Å². The van der Waals surface area contributed by atoms with Crippen molar-refractivity contribution < 1.29 is 0 Å². The predicted octanol–water partition coefficient (Wildman–Crippen LogP) is 4.90. The molecule has 0 rings (SSSR count). The Kier molecular flexibility index (Phi) is 29.3. The smallest absolute Gasteiger partial charge is 0.0673 e. The van der Waals surface area contributed by atoms with Gasteiger partial charge in [-0.2, -0.15) is 15.3 Å². The van der Waals surface area contributed by atoms with Crippen LogP contribution in [-0.4, -0.2) is 56.0 Å². The average molecular weight is 457 g/mol. The molecule has 3 N–H and O–H groups in total. The second kappa shape index (κ2) is 23.9. The Balaban J connectivity index is -0.000000152. The Bertz CT molecular complexity index is 322. The summed E-state index contributed by atoms with van der Waals surface area (Å²) in [5, 5.41) is 22.9. The van der Waals surface area contributed by atoms with Gasteiger partial charge in [0.2, 0.25) is 0 Å². The standard InChI is InChI=1S/3C6H15N3.Ga/c3*1-5(2)7-9-8-6(3)4;/h3*5-6H,1-4H3,(H,7,8);. The van der Waals surface area contributed by atoms with E-state index in [0.29, 0.717) is 18.1 Å². The first-order valence-electron chi connectivity index (χ1n) is 9.84. The maximum Gasteiger partial charge on any atom is 0.0673 e. The van der Waals surface area contributed by atoms with Crippen LogP contribution in [0.2, 0.25) is 0 Å². The fourth-order valence-electron chi connectivity index (χ4n) is 0.793. The Morgan fingerprint density at radius 3 is 0.679 bits per heavy atom. The molecule has 0 aliphatic rings. The van der Waals surface area contributed by atoms with Gasteiger partial charge in [-0.25, -0.2) is 0 Å². The van der Waals surface area contributed by atoms with Gasteiger partial charge in [0.1, 0.15) is 0 Å². The van der Waals surface area contributed by atoms with Gasteiger partial charge in [-0.05, 0) is 83.1 Å². The molecule has 3 radical (unpaired) electrons. The summed E-state index contributed by atoms with van der Waals surface area (Å²) in [5.41, 5.74) is 8.51. The molecule has 0 aromatic rings. The van der Waals surface area contributed by atoms with Crippen molar-refractivity contribution in [2.45, 2.75) is 119 Å². The fourth-order valence-corrected chi connectivity index (χ4v) is 0.793. The topological polar surface area (TPSA) is 110 Å². The molecule has 0 atom stereocenters. The number of nitrogens with one attached hydrogen (secondary N) is 3. The summed E-state index contributed by atoms with van der Waals surface area (Å²) < 4.78 is 0. The molecule has 165 valence electrons. The molecule has 0 unspecified atom stereocenters. The molecule has 10 heteroatoms. The van der Waals surface area contributed by atoms with Crippen molar-refractivity contribution in [3.05, 3.63) is 0 Å². The number of nitrogens with zero attached hydrogens (tertiary/aromatic N) is 6. The van der Waals surface area contributed by atoms with E-state index in [1.165, 1.54) is 0 Å². The summed E-state index contributed by atoms with van der Waals surface area (Å²) >= 11 is 0. The second-order valence-electron chi connectivity index (χ2n) is 7.78. The van der Waals surface area contributed by atoms with Crippen LogP contribution in [0.25, 0.3) is 0 Å². The monoisotopic (exact) mass is 456 g/mol. The van der Waals surface area contributed by atoms with Crippen LogP contribution >= 0.6 is 0 Å². The molecule has 0 saturated heterocycles. The largest absolute Gasteiger partial charge is 0.289 e. The zero-order valence-electron chi connectivity index (χ0n) is 20.2. The minimum Gasteiger partial charge on any atom is -0.289 e. The zero-order chi connectivity index (χ0) is 21.8. The molecule has 0 spiro atoms. The third kappa shape index (κ3) is 49.8. The minimum atomic E-state index is 0. The molecule has 9 nitrogen and oxygen atoms in total. The first-order chi connectivity index (χ1) is 12.4. The first kappa shape index (κ1) is 34.4. The van der Waals surface area contributed by atoms with Crippen LogP contribution < -0.4 is 16.3 Å². The molecule has 0 aliphatic heterocycles. The minimum absolute atomic E-state index is 0. The van der Waals surface area contributed by atoms with E-state index in [0.717, 1.165) is 0 Å². The average Bonchev–Trinajstić information content (AvgIpc) is 2.46. The fraction of sp³-hybridized carbons (Fsp3) is 1.00. The van der Waals surface area contributed by atoms with Gasteiger partial charge < -0.3 is 0 Å². The molecule has 0 aromatic heterocycles. The van der Waals surface area contributed by atoms with E-state index < -0.39 is 0 Å². The van der Waals surface area contributed by atoms with Gasteiger partial charge in [0.05, 0.1) is 18.1 Å². The van der Waals surface area contributed by atoms with Crippen LogP contribution in [0.1, 0.15) is 83.1 Å². The van der Waals surface area contributed by atoms with Gasteiger partial charge in [-0.3, -0.25) is 16.3 Å². The van der Waals surface area contributed by atoms with Crippen LogP contribution in [0, 0.1) is 0 Å². The van der Waals surface area contributed by atoms with E-state index in [2.05, 4.69) is 47.3 Å². The van der Waals surface area contributed by atoms with E-state index >= 15 is 0 Å². The third-order valence-electron chi connectivity index (χ3n) is 1.81. The molecule has 0 saturated carbocycles. The van der Waals surface area contributed by atoms with E-state index in [4.69, 9.17) is 0 Å². The van der Waals surface area contributed by atoms with E-state index in [-0.39, 0.29) is 37.9 Å². The zero-order valence-corrected chi connectivity index (χ0v) is 22.6. The van der Waals surface area contributed by atoms with Crippen molar-refractivity contribution in [3.8, 4) is 0 Å². The Labute approximate surface area is 186 Å². The van der Waals surface area contributed by atoms with Crippen LogP contribution in [0.15, 0.2) is 31.0 Å². The Morgan fingerprint density at radius 1 is 0.393 bits per heavy atom. The Hall–Kier alpha value is -1.16. The van der Waals surface area contributed by atoms with Gasteiger partial charge in [-0.15, -0.1) is 0 Å². The van der Waals surface area contributed by atoms with Gasteiger partial charge in [0, 0.05) is 37.9 Å². The quantitative estimate of drug-likeness (QED) is 0.260. The summed E-state index contributed by atoms with van der Waals surface area (Å²) in [5.74, 6) is 0. The summed E-state index contributed by atoms with van der Waals surface area (Å²) in [4.78, 5) is 0. The molecule has 28 heavy (non-hydrogen) atoms. The number of rotatable bonds is 9. The molecule has 0 aliphatic carbocycles. The number of hydrogen-bond donors (Lipinski definition) is 3. The van der Waals surface area contributed by atoms with Gasteiger partial charge >= 0.3 is 0 Å². The van der Waals surface area contributed by atoms with Crippen molar-refractivity contribution in [2.24, 2.45) is 31.0 Å². The van der Waals surface area contributed by atoms with Crippen molar-refractivity contribution in [2.75, 3.05) is 0 Å². The molecule has 0 amide bonds. The molecule has 0 aromatic carbocycles. The predicted molar refractivity (Wildman–Crippen MR) is 121 cm³/mol. The summed E-state index contributed by atoms with van der Waals surface area (Å²) in [6.07, 6.45) is 0. The second-order valence-corrected chi connectivity index (χ2v) is 7.78. The van der Waals surface area contributed by atoms with Crippen molar-refractivity contribution >= 4 is 19.8 Å². The summed E-state index contributed by atoms with van der Waals surface area (Å²) in [6.45, 7) is 24.1. The van der Waals surface area contributed by atoms with Crippen LogP contribution in [0.4, 0.5) is 0 Å². The SMILES string of the molecule is CC(C)N=NNC(C)C.CC(C)N=NNC(C)C.CC(C)N=NNC(C)C.[Ga]. The van der Waals surface area contributed by atoms with Crippen LogP contribution in [-0.2, 0) is 0 Å². The van der Waals surface area contributed by atoms with E-state index in [9.17, 15) is 0 Å². The summed E-state index contributed by atoms with van der Waals surface area (Å²) in [6, 6.07) is 2.01. The normalized spacial score (nSPS) is 11.4. The Morgan fingerprint density at radius 2 is 0.571 bits per heavy atom. The molecule has 0 bridgehead atoms. The van der Waals surface area contributed by atoms with Crippen molar-refractivity contribution in [3.63, 3.8) is 0 Å². The molecular weight excluding hydrogens is 412 g/mol. The van der Waals surface area contributed by atoms with Gasteiger partial charge in [0.15, 0.2) is 0 Å². The maximum atomic E-state index is 3.88. The third-order valence-corrected chi connectivity index (χ3v) is 1.81. The maximum absolute atomic E-state index is 3.88. The number of hydrogen-bond acceptors (Lipinski definition) is 6. The van der Waals surface area contributed by atoms with Crippen LogP contribution in [0.3, 0.4) is 0 Å². The van der Waals surface area contributed by atoms with Gasteiger partial charge in [0.25, 0.3) is 0 Å². The van der Waals surface area contributed by atoms with E-state index in [1.807, 2.05) is 83.1 Å². The molecule has 0 fully saturated rings. The first-order valence-corrected chi connectivity index (χ1v) is 9.84. The van der Waals surface area contributed by atoms with E-state index in [1.54, 1.807) is 0 Å². The molecular formula is C18H45GaN9. The summed E-state index contributed by atoms with van der Waals surface area (Å²) in [7, 11) is 0.